The van der Waals surface area contributed by atoms with Crippen molar-refractivity contribution in [1.29, 1.82) is 0 Å². The van der Waals surface area contributed by atoms with Crippen LogP contribution in [0, 0.1) is 5.82 Å². The summed E-state index contributed by atoms with van der Waals surface area (Å²) in [6.45, 7) is 0. The van der Waals surface area contributed by atoms with E-state index >= 15 is 0 Å². The van der Waals surface area contributed by atoms with Crippen molar-refractivity contribution in [2.45, 2.75) is 11.7 Å². The average molecular weight is 404 g/mol. The van der Waals surface area contributed by atoms with Crippen molar-refractivity contribution in [3.05, 3.63) is 96.3 Å². The lowest BCUT2D eigenvalue weighted by molar-refractivity contribution is -0.116. The van der Waals surface area contributed by atoms with Crippen molar-refractivity contribution < 1.29 is 14.0 Å². The molecule has 1 unspecified atom stereocenters. The number of ketones is 1. The zero-order valence-corrected chi connectivity index (χ0v) is 16.2. The number of amidine groups is 1. The number of para-hydroxylation sites is 2. The number of amides is 1. The maximum atomic E-state index is 13.1. The van der Waals surface area contributed by atoms with Gasteiger partial charge in [-0.2, -0.15) is 0 Å². The zero-order valence-electron chi connectivity index (χ0n) is 15.4. The Bertz CT molecular complexity index is 1050. The highest BCUT2D eigenvalue weighted by molar-refractivity contribution is 8.16. The summed E-state index contributed by atoms with van der Waals surface area (Å²) in [4.78, 5) is 31.9. The van der Waals surface area contributed by atoms with Gasteiger partial charge in [0.2, 0.25) is 5.91 Å². The van der Waals surface area contributed by atoms with Crippen LogP contribution in [0.2, 0.25) is 0 Å². The molecule has 0 aromatic heterocycles. The van der Waals surface area contributed by atoms with Gasteiger partial charge in [0, 0.05) is 12.0 Å². The van der Waals surface area contributed by atoms with E-state index in [9.17, 15) is 14.0 Å². The molecular formula is C23H17FN2O2S. The number of thioether (sulfide) groups is 1. The molecule has 0 aliphatic carbocycles. The fourth-order valence-electron chi connectivity index (χ4n) is 3.02. The lowest BCUT2D eigenvalue weighted by Crippen LogP contribution is -2.32. The van der Waals surface area contributed by atoms with Crippen LogP contribution in [0.3, 0.4) is 0 Å². The fourth-order valence-corrected chi connectivity index (χ4v) is 4.18. The van der Waals surface area contributed by atoms with Crippen molar-refractivity contribution in [2.75, 3.05) is 4.90 Å². The van der Waals surface area contributed by atoms with Crippen LogP contribution in [0.4, 0.5) is 15.8 Å². The number of hydrogen-bond acceptors (Lipinski definition) is 4. The van der Waals surface area contributed by atoms with Crippen molar-refractivity contribution in [1.82, 2.24) is 0 Å². The van der Waals surface area contributed by atoms with Crippen LogP contribution in [-0.2, 0) is 4.79 Å². The second kappa shape index (κ2) is 8.41. The van der Waals surface area contributed by atoms with Crippen LogP contribution in [-0.4, -0.2) is 22.1 Å². The summed E-state index contributed by atoms with van der Waals surface area (Å²) in [5.41, 5.74) is 1.82. The van der Waals surface area contributed by atoms with Crippen LogP contribution in [0.5, 0.6) is 0 Å². The van der Waals surface area contributed by atoms with Gasteiger partial charge in [-0.15, -0.1) is 0 Å². The van der Waals surface area contributed by atoms with Crippen molar-refractivity contribution >= 4 is 40.0 Å². The largest absolute Gasteiger partial charge is 0.294 e. The average Bonchev–Trinajstić information content (AvgIpc) is 3.04. The van der Waals surface area contributed by atoms with E-state index in [1.54, 1.807) is 4.90 Å². The van der Waals surface area contributed by atoms with Crippen molar-refractivity contribution in [3.8, 4) is 0 Å². The third-order valence-electron chi connectivity index (χ3n) is 4.47. The van der Waals surface area contributed by atoms with Gasteiger partial charge in [-0.3, -0.25) is 14.5 Å². The molecule has 0 saturated carbocycles. The molecule has 1 heterocycles. The number of anilines is 1. The fraction of sp³-hybridized carbons (Fsp3) is 0.0870. The normalized spacial score (nSPS) is 17.7. The van der Waals surface area contributed by atoms with Crippen LogP contribution < -0.4 is 4.90 Å². The summed E-state index contributed by atoms with van der Waals surface area (Å²) in [7, 11) is 0. The third kappa shape index (κ3) is 4.27. The Balaban J connectivity index is 1.63. The van der Waals surface area contributed by atoms with E-state index < -0.39 is 11.1 Å². The van der Waals surface area contributed by atoms with Gasteiger partial charge in [0.1, 0.15) is 5.82 Å². The summed E-state index contributed by atoms with van der Waals surface area (Å²) in [5, 5.41) is -0.0560. The number of rotatable bonds is 5. The van der Waals surface area contributed by atoms with Gasteiger partial charge in [-0.25, -0.2) is 9.38 Å². The van der Waals surface area contributed by atoms with E-state index in [4.69, 9.17) is 0 Å². The monoisotopic (exact) mass is 404 g/mol. The first-order chi connectivity index (χ1) is 14.1. The Labute approximate surface area is 172 Å². The Hall–Kier alpha value is -3.25. The van der Waals surface area contributed by atoms with Crippen LogP contribution in [0.15, 0.2) is 89.9 Å². The van der Waals surface area contributed by atoms with Crippen LogP contribution >= 0.6 is 11.8 Å². The van der Waals surface area contributed by atoms with Crippen LogP contribution in [0.1, 0.15) is 16.8 Å². The molecule has 1 atom stereocenters. The third-order valence-corrected chi connectivity index (χ3v) is 5.60. The molecule has 1 amide bonds. The van der Waals surface area contributed by atoms with Crippen molar-refractivity contribution in [2.24, 2.45) is 4.99 Å². The first kappa shape index (κ1) is 19.1. The molecule has 1 saturated heterocycles. The molecule has 4 rings (SSSR count). The molecule has 1 fully saturated rings. The number of nitrogens with zero attached hydrogens (tertiary/aromatic N) is 2. The Kier molecular flexibility index (Phi) is 5.53. The Morgan fingerprint density at radius 2 is 1.55 bits per heavy atom. The standard InChI is InChI=1S/C23H17FN2O2S/c24-17-13-11-16(12-14-17)20(27)15-21-22(28)26(19-9-5-2-6-10-19)23(29-21)25-18-7-3-1-4-8-18/h1-14,21H,15H2. The molecular weight excluding hydrogens is 387 g/mol. The molecule has 3 aromatic carbocycles. The Morgan fingerprint density at radius 3 is 2.21 bits per heavy atom. The van der Waals surface area contributed by atoms with E-state index in [0.29, 0.717) is 16.4 Å². The van der Waals surface area contributed by atoms with Crippen molar-refractivity contribution in [3.63, 3.8) is 0 Å². The van der Waals surface area contributed by atoms with Gasteiger partial charge in [0.25, 0.3) is 0 Å². The van der Waals surface area contributed by atoms with Crippen LogP contribution in [0.25, 0.3) is 0 Å². The lowest BCUT2D eigenvalue weighted by atomic mass is 10.1. The molecule has 0 radical (unpaired) electrons. The molecule has 4 nitrogen and oxygen atoms in total. The van der Waals surface area contributed by atoms with Gasteiger partial charge < -0.3 is 0 Å². The number of halogens is 1. The highest BCUT2D eigenvalue weighted by atomic mass is 32.2. The summed E-state index contributed by atoms with van der Waals surface area (Å²) in [6.07, 6.45) is 0.0201. The molecule has 0 bridgehead atoms. The summed E-state index contributed by atoms with van der Waals surface area (Å²) >= 11 is 1.27. The molecule has 144 valence electrons. The first-order valence-corrected chi connectivity index (χ1v) is 9.98. The highest BCUT2D eigenvalue weighted by Gasteiger charge is 2.40. The van der Waals surface area contributed by atoms with Gasteiger partial charge in [-0.05, 0) is 48.5 Å². The maximum absolute atomic E-state index is 13.1. The summed E-state index contributed by atoms with van der Waals surface area (Å²) in [6, 6.07) is 24.0. The smallest absolute Gasteiger partial charge is 0.247 e. The van der Waals surface area contributed by atoms with E-state index in [2.05, 4.69) is 4.99 Å². The highest BCUT2D eigenvalue weighted by Crippen LogP contribution is 2.35. The summed E-state index contributed by atoms with van der Waals surface area (Å²) < 4.78 is 13.1. The molecule has 29 heavy (non-hydrogen) atoms. The molecule has 1 aliphatic heterocycles. The molecule has 0 spiro atoms. The molecule has 0 N–H and O–H groups in total. The number of carbonyl (C=O) groups is 2. The van der Waals surface area contributed by atoms with E-state index in [1.807, 2.05) is 60.7 Å². The molecule has 1 aliphatic rings. The van der Waals surface area contributed by atoms with Gasteiger partial charge in [0.15, 0.2) is 11.0 Å². The minimum absolute atomic E-state index is 0.0201. The van der Waals surface area contributed by atoms with Gasteiger partial charge in [0.05, 0.1) is 16.6 Å². The minimum Gasteiger partial charge on any atom is -0.294 e. The predicted octanol–water partition coefficient (Wildman–Crippen LogP) is 5.23. The quantitative estimate of drug-likeness (QED) is 0.547. The Morgan fingerprint density at radius 1 is 0.931 bits per heavy atom. The van der Waals surface area contributed by atoms with E-state index in [1.165, 1.54) is 36.0 Å². The van der Waals surface area contributed by atoms with Gasteiger partial charge >= 0.3 is 0 Å². The van der Waals surface area contributed by atoms with E-state index in [0.717, 1.165) is 5.69 Å². The lowest BCUT2D eigenvalue weighted by Gasteiger charge is -2.16. The minimum atomic E-state index is -0.588. The molecule has 6 heteroatoms. The predicted molar refractivity (Wildman–Crippen MR) is 114 cm³/mol. The number of hydrogen-bond donors (Lipinski definition) is 0. The second-order valence-electron chi connectivity index (χ2n) is 6.48. The van der Waals surface area contributed by atoms with E-state index in [-0.39, 0.29) is 18.1 Å². The number of aliphatic imine (C=N–C) groups is 1. The van der Waals surface area contributed by atoms with Gasteiger partial charge in [-0.1, -0.05) is 48.2 Å². The number of carbonyl (C=O) groups excluding carboxylic acids is 2. The summed E-state index contributed by atoms with van der Waals surface area (Å²) in [5.74, 6) is -0.795. The first-order valence-electron chi connectivity index (χ1n) is 9.10. The number of Topliss-reactive ketones (excluding diaryl/α,β-unsaturated/α-hetero) is 1. The second-order valence-corrected chi connectivity index (χ2v) is 7.65. The zero-order chi connectivity index (χ0) is 20.2. The topological polar surface area (TPSA) is 49.7 Å². The maximum Gasteiger partial charge on any atom is 0.247 e. The number of benzene rings is 3. The molecule has 3 aromatic rings. The SMILES string of the molecule is O=C(CC1SC(=Nc2ccccc2)N(c2ccccc2)C1=O)c1ccc(F)cc1.